The summed E-state index contributed by atoms with van der Waals surface area (Å²) in [4.78, 5) is 11.6. The van der Waals surface area contributed by atoms with Crippen molar-refractivity contribution in [2.75, 3.05) is 18.6 Å². The first-order chi connectivity index (χ1) is 19.2. The van der Waals surface area contributed by atoms with Crippen LogP contribution in [0.3, 0.4) is 0 Å². The molecule has 188 valence electrons. The molecular formula is C33H24N4OS. The predicted molar refractivity (Wildman–Crippen MR) is 161 cm³/mol. The minimum Gasteiger partial charge on any atom is -0.456 e. The van der Waals surface area contributed by atoms with E-state index in [-0.39, 0.29) is 0 Å². The van der Waals surface area contributed by atoms with Crippen LogP contribution < -0.4 is 4.90 Å². The van der Waals surface area contributed by atoms with Crippen LogP contribution in [-0.4, -0.2) is 28.2 Å². The summed E-state index contributed by atoms with van der Waals surface area (Å²) in [5.41, 5.74) is 5.23. The van der Waals surface area contributed by atoms with Crippen molar-refractivity contribution >= 4 is 61.2 Å². The Kier molecular flexibility index (Phi) is 4.97. The number of furan rings is 1. The Hall–Kier alpha value is -4.68. The van der Waals surface area contributed by atoms with Gasteiger partial charge in [0.2, 0.25) is 0 Å². The molecule has 4 aromatic carbocycles. The van der Waals surface area contributed by atoms with Gasteiger partial charge in [0.05, 0.1) is 23.1 Å². The first-order valence-corrected chi connectivity index (χ1v) is 13.8. The van der Waals surface area contributed by atoms with Crippen LogP contribution in [0.1, 0.15) is 0 Å². The highest BCUT2D eigenvalue weighted by Crippen LogP contribution is 2.42. The van der Waals surface area contributed by atoms with Crippen LogP contribution >= 0.6 is 11.8 Å². The van der Waals surface area contributed by atoms with Crippen LogP contribution in [0.25, 0.3) is 49.6 Å². The molecule has 0 saturated heterocycles. The SMILES string of the molecule is CN1C=CN(c2cccc(Sc3ccc4c5ccc6oc7ccccc7c6c5n(-c5ccccn5)c4c3)c2)C1. The summed E-state index contributed by atoms with van der Waals surface area (Å²) in [5.74, 6) is 0.893. The molecule has 5 nitrogen and oxygen atoms in total. The zero-order chi connectivity index (χ0) is 25.9. The average molecular weight is 525 g/mol. The van der Waals surface area contributed by atoms with Crippen molar-refractivity contribution in [3.05, 3.63) is 116 Å². The van der Waals surface area contributed by atoms with E-state index in [0.717, 1.165) is 45.5 Å². The number of hydrogen-bond donors (Lipinski definition) is 0. The molecular weight excluding hydrogens is 500 g/mol. The highest BCUT2D eigenvalue weighted by molar-refractivity contribution is 7.99. The van der Waals surface area contributed by atoms with Gasteiger partial charge in [0, 0.05) is 57.3 Å². The number of aromatic nitrogens is 2. The fourth-order valence-corrected chi connectivity index (χ4v) is 6.54. The molecule has 3 aromatic heterocycles. The lowest BCUT2D eigenvalue weighted by molar-refractivity contribution is 0.495. The average Bonchev–Trinajstić information content (AvgIpc) is 3.66. The molecule has 1 aliphatic rings. The number of hydrogen-bond acceptors (Lipinski definition) is 5. The lowest BCUT2D eigenvalue weighted by atomic mass is 10.1. The second-order valence-electron chi connectivity index (χ2n) is 9.90. The van der Waals surface area contributed by atoms with Crippen LogP contribution in [0.4, 0.5) is 5.69 Å². The van der Waals surface area contributed by atoms with Gasteiger partial charge in [0.1, 0.15) is 17.0 Å². The van der Waals surface area contributed by atoms with Gasteiger partial charge in [-0.05, 0) is 60.7 Å². The Labute approximate surface area is 229 Å². The van der Waals surface area contributed by atoms with Gasteiger partial charge in [-0.25, -0.2) is 4.98 Å². The van der Waals surface area contributed by atoms with E-state index in [1.54, 1.807) is 11.8 Å². The standard InChI is InChI=1S/C33H24N4OS/c1-35-17-18-36(21-35)22-7-6-8-23(19-22)39-24-12-13-25-26-14-15-30-32(27-9-2-3-10-29(27)38-30)33(26)37(28(25)20-24)31-11-4-5-16-34-31/h2-20H,21H2,1H3. The normalized spacial score (nSPS) is 13.6. The fraction of sp³-hybridized carbons (Fsp3) is 0.0606. The zero-order valence-electron chi connectivity index (χ0n) is 21.3. The Morgan fingerprint density at radius 3 is 2.49 bits per heavy atom. The third-order valence-electron chi connectivity index (χ3n) is 7.38. The van der Waals surface area contributed by atoms with Gasteiger partial charge in [-0.15, -0.1) is 0 Å². The van der Waals surface area contributed by atoms with Gasteiger partial charge >= 0.3 is 0 Å². The van der Waals surface area contributed by atoms with Crippen molar-refractivity contribution in [2.45, 2.75) is 9.79 Å². The molecule has 0 bridgehead atoms. The smallest absolute Gasteiger partial charge is 0.137 e. The van der Waals surface area contributed by atoms with Crippen molar-refractivity contribution in [2.24, 2.45) is 0 Å². The number of pyridine rings is 1. The van der Waals surface area contributed by atoms with Crippen LogP contribution in [-0.2, 0) is 0 Å². The Bertz CT molecular complexity index is 2060. The van der Waals surface area contributed by atoms with Gasteiger partial charge in [-0.2, -0.15) is 0 Å². The van der Waals surface area contributed by atoms with Crippen molar-refractivity contribution in [3.63, 3.8) is 0 Å². The highest BCUT2D eigenvalue weighted by atomic mass is 32.2. The maximum atomic E-state index is 6.26. The summed E-state index contributed by atoms with van der Waals surface area (Å²) in [6.45, 7) is 0.863. The largest absolute Gasteiger partial charge is 0.456 e. The molecule has 6 heteroatoms. The molecule has 0 unspecified atom stereocenters. The lowest BCUT2D eigenvalue weighted by Gasteiger charge is -2.18. The number of anilines is 1. The zero-order valence-corrected chi connectivity index (χ0v) is 22.1. The second-order valence-corrected chi connectivity index (χ2v) is 11.0. The van der Waals surface area contributed by atoms with E-state index in [2.05, 4.69) is 107 Å². The fourth-order valence-electron chi connectivity index (χ4n) is 5.64. The van der Waals surface area contributed by atoms with Gasteiger partial charge in [0.25, 0.3) is 0 Å². The maximum absolute atomic E-state index is 6.26. The predicted octanol–water partition coefficient (Wildman–Crippen LogP) is 8.41. The monoisotopic (exact) mass is 524 g/mol. The maximum Gasteiger partial charge on any atom is 0.137 e. The summed E-state index contributed by atoms with van der Waals surface area (Å²) >= 11 is 1.78. The van der Waals surface area contributed by atoms with Crippen LogP contribution in [0.15, 0.2) is 130 Å². The molecule has 0 aliphatic carbocycles. The van der Waals surface area contributed by atoms with Gasteiger partial charge in [-0.3, -0.25) is 4.57 Å². The van der Waals surface area contributed by atoms with E-state index in [9.17, 15) is 0 Å². The molecule has 0 fully saturated rings. The van der Waals surface area contributed by atoms with Crippen LogP contribution in [0.5, 0.6) is 0 Å². The topological polar surface area (TPSA) is 37.4 Å². The minimum atomic E-state index is 0.863. The molecule has 39 heavy (non-hydrogen) atoms. The van der Waals surface area contributed by atoms with Crippen LogP contribution in [0.2, 0.25) is 0 Å². The number of rotatable bonds is 4. The Morgan fingerprint density at radius 2 is 1.62 bits per heavy atom. The molecule has 0 saturated carbocycles. The van der Waals surface area contributed by atoms with Crippen LogP contribution in [0, 0.1) is 0 Å². The molecule has 8 rings (SSSR count). The lowest BCUT2D eigenvalue weighted by Crippen LogP contribution is -2.21. The highest BCUT2D eigenvalue weighted by Gasteiger charge is 2.20. The van der Waals surface area contributed by atoms with E-state index < -0.39 is 0 Å². The summed E-state index contributed by atoms with van der Waals surface area (Å²) in [7, 11) is 2.09. The van der Waals surface area contributed by atoms with Gasteiger partial charge in [-0.1, -0.05) is 48.2 Å². The third kappa shape index (κ3) is 3.60. The van der Waals surface area contributed by atoms with Crippen molar-refractivity contribution in [3.8, 4) is 5.82 Å². The molecule has 0 radical (unpaired) electrons. The Balaban J connectivity index is 1.33. The van der Waals surface area contributed by atoms with E-state index >= 15 is 0 Å². The molecule has 0 amide bonds. The molecule has 0 atom stereocenters. The number of para-hydroxylation sites is 1. The third-order valence-corrected chi connectivity index (χ3v) is 8.36. The van der Waals surface area contributed by atoms with E-state index in [1.165, 1.54) is 26.3 Å². The van der Waals surface area contributed by atoms with Crippen molar-refractivity contribution < 1.29 is 4.42 Å². The quantitative estimate of drug-likeness (QED) is 0.231. The van der Waals surface area contributed by atoms with E-state index in [4.69, 9.17) is 9.40 Å². The molecule has 1 aliphatic heterocycles. The number of fused-ring (bicyclic) bond motifs is 7. The molecule has 0 spiro atoms. The van der Waals surface area contributed by atoms with E-state index in [0.29, 0.717) is 0 Å². The number of benzene rings is 4. The molecule has 0 N–H and O–H groups in total. The van der Waals surface area contributed by atoms with Crippen molar-refractivity contribution in [1.29, 1.82) is 0 Å². The van der Waals surface area contributed by atoms with Gasteiger partial charge < -0.3 is 14.2 Å². The number of nitrogens with zero attached hydrogens (tertiary/aromatic N) is 4. The Morgan fingerprint density at radius 1 is 0.744 bits per heavy atom. The van der Waals surface area contributed by atoms with Gasteiger partial charge in [0.15, 0.2) is 0 Å². The second kappa shape index (κ2) is 8.68. The summed E-state index contributed by atoms with van der Waals surface area (Å²) in [6, 6.07) is 34.1. The van der Waals surface area contributed by atoms with E-state index in [1.807, 2.05) is 30.5 Å². The summed E-state index contributed by atoms with van der Waals surface area (Å²) in [6.07, 6.45) is 6.08. The molecule has 4 heterocycles. The summed E-state index contributed by atoms with van der Waals surface area (Å²) in [5, 5.41) is 4.63. The first kappa shape index (κ1) is 22.3. The van der Waals surface area contributed by atoms with Crippen molar-refractivity contribution in [1.82, 2.24) is 14.5 Å². The molecule has 7 aromatic rings. The summed E-state index contributed by atoms with van der Waals surface area (Å²) < 4.78 is 8.55. The minimum absolute atomic E-state index is 0.863. The first-order valence-electron chi connectivity index (χ1n) is 13.0.